The summed E-state index contributed by atoms with van der Waals surface area (Å²) in [6.07, 6.45) is 1.67. The molecule has 19 heavy (non-hydrogen) atoms. The van der Waals surface area contributed by atoms with E-state index in [9.17, 15) is 15.0 Å². The van der Waals surface area contributed by atoms with Crippen molar-refractivity contribution in [3.05, 3.63) is 23.8 Å². The molecular weight excluding hydrogens is 244 g/mol. The molecule has 104 valence electrons. The van der Waals surface area contributed by atoms with E-state index in [0.717, 1.165) is 12.8 Å². The van der Waals surface area contributed by atoms with Crippen LogP contribution in [0, 0.1) is 5.41 Å². The summed E-state index contributed by atoms with van der Waals surface area (Å²) in [6, 6.07) is 4.31. The highest BCUT2D eigenvalue weighted by molar-refractivity contribution is 5.99. The second kappa shape index (κ2) is 5.09. The third-order valence-corrected chi connectivity index (χ3v) is 3.98. The van der Waals surface area contributed by atoms with Crippen LogP contribution in [-0.2, 0) is 0 Å². The van der Waals surface area contributed by atoms with E-state index < -0.39 is 0 Å². The molecule has 5 heteroatoms. The molecule has 0 aromatic heterocycles. The second-order valence-electron chi connectivity index (χ2n) is 5.48. The van der Waals surface area contributed by atoms with Gasteiger partial charge in [-0.3, -0.25) is 4.79 Å². The van der Waals surface area contributed by atoms with Crippen LogP contribution in [0.3, 0.4) is 0 Å². The molecular formula is C14H20N2O3. The number of hydrogen-bond acceptors (Lipinski definition) is 4. The first kappa shape index (κ1) is 13.7. The number of rotatable bonds is 2. The molecule has 1 amide bonds. The molecule has 0 radical (unpaired) electrons. The molecule has 5 nitrogen and oxygen atoms in total. The van der Waals surface area contributed by atoms with Gasteiger partial charge in [0.15, 0.2) is 0 Å². The predicted molar refractivity (Wildman–Crippen MR) is 72.1 cm³/mol. The molecule has 1 heterocycles. The quantitative estimate of drug-likeness (QED) is 0.751. The Morgan fingerprint density at radius 3 is 2.32 bits per heavy atom. The molecule has 0 bridgehead atoms. The molecule has 1 aliphatic rings. The third kappa shape index (κ3) is 2.66. The lowest BCUT2D eigenvalue weighted by atomic mass is 9.80. The number of amides is 1. The van der Waals surface area contributed by atoms with Gasteiger partial charge in [-0.05, 0) is 36.9 Å². The van der Waals surface area contributed by atoms with E-state index in [1.807, 2.05) is 0 Å². The summed E-state index contributed by atoms with van der Waals surface area (Å²) in [5.74, 6) is -0.691. The highest BCUT2D eigenvalue weighted by Gasteiger charge is 2.32. The van der Waals surface area contributed by atoms with Crippen molar-refractivity contribution < 1.29 is 15.0 Å². The van der Waals surface area contributed by atoms with E-state index in [0.29, 0.717) is 19.6 Å². The monoisotopic (exact) mass is 264 g/mol. The van der Waals surface area contributed by atoms with Crippen LogP contribution < -0.4 is 5.73 Å². The first-order valence-corrected chi connectivity index (χ1v) is 6.47. The van der Waals surface area contributed by atoms with E-state index in [1.165, 1.54) is 18.2 Å². The number of benzene rings is 1. The Morgan fingerprint density at radius 2 is 1.84 bits per heavy atom. The van der Waals surface area contributed by atoms with Gasteiger partial charge in [-0.1, -0.05) is 13.0 Å². The van der Waals surface area contributed by atoms with Gasteiger partial charge in [0.05, 0.1) is 0 Å². The Bertz CT molecular complexity index is 459. The Hall–Kier alpha value is -1.75. The van der Waals surface area contributed by atoms with Crippen molar-refractivity contribution >= 4 is 5.91 Å². The first-order valence-electron chi connectivity index (χ1n) is 6.47. The van der Waals surface area contributed by atoms with Crippen LogP contribution >= 0.6 is 0 Å². The summed E-state index contributed by atoms with van der Waals surface area (Å²) >= 11 is 0. The van der Waals surface area contributed by atoms with Crippen LogP contribution in [0.5, 0.6) is 11.5 Å². The molecule has 2 rings (SSSR count). The molecule has 1 saturated heterocycles. The zero-order valence-corrected chi connectivity index (χ0v) is 11.1. The molecule has 0 atom stereocenters. The second-order valence-corrected chi connectivity index (χ2v) is 5.48. The third-order valence-electron chi connectivity index (χ3n) is 3.98. The lowest BCUT2D eigenvalue weighted by molar-refractivity contribution is 0.0612. The van der Waals surface area contributed by atoms with Crippen LogP contribution in [0.4, 0.5) is 0 Å². The normalized spacial score (nSPS) is 18.3. The number of carbonyl (C=O) groups is 1. The zero-order valence-electron chi connectivity index (χ0n) is 11.1. The summed E-state index contributed by atoms with van der Waals surface area (Å²) in [4.78, 5) is 14.0. The van der Waals surface area contributed by atoms with Crippen molar-refractivity contribution in [2.45, 2.75) is 19.8 Å². The number of phenolic OH excluding ortho intramolecular Hbond substituents is 2. The number of nitrogens with two attached hydrogens (primary N) is 1. The van der Waals surface area contributed by atoms with Gasteiger partial charge in [0, 0.05) is 13.1 Å². The maximum atomic E-state index is 12.3. The number of nitrogens with zero attached hydrogens (tertiary/aromatic N) is 1. The van der Waals surface area contributed by atoms with E-state index in [4.69, 9.17) is 5.73 Å². The molecule has 1 aromatic carbocycles. The summed E-state index contributed by atoms with van der Waals surface area (Å²) in [6.45, 7) is 3.92. The minimum Gasteiger partial charge on any atom is -0.507 e. The lowest BCUT2D eigenvalue weighted by Gasteiger charge is -2.38. The minimum absolute atomic E-state index is 0.0150. The van der Waals surface area contributed by atoms with Crippen molar-refractivity contribution in [1.29, 1.82) is 0 Å². The Kier molecular flexibility index (Phi) is 3.66. The van der Waals surface area contributed by atoms with Crippen molar-refractivity contribution in [3.63, 3.8) is 0 Å². The highest BCUT2D eigenvalue weighted by Crippen LogP contribution is 2.33. The van der Waals surface area contributed by atoms with E-state index in [2.05, 4.69) is 6.92 Å². The van der Waals surface area contributed by atoms with E-state index in [1.54, 1.807) is 4.90 Å². The Balaban J connectivity index is 2.14. The maximum absolute atomic E-state index is 12.3. The van der Waals surface area contributed by atoms with Crippen LogP contribution in [-0.4, -0.2) is 40.7 Å². The molecule has 1 aliphatic heterocycles. The summed E-state index contributed by atoms with van der Waals surface area (Å²) in [7, 11) is 0. The van der Waals surface area contributed by atoms with Crippen LogP contribution in [0.1, 0.15) is 30.1 Å². The summed E-state index contributed by atoms with van der Waals surface area (Å²) < 4.78 is 0. The first-order chi connectivity index (χ1) is 8.97. The van der Waals surface area contributed by atoms with Gasteiger partial charge in [0.2, 0.25) is 0 Å². The van der Waals surface area contributed by atoms with Crippen molar-refractivity contribution in [2.24, 2.45) is 11.1 Å². The molecule has 0 spiro atoms. The fraction of sp³-hybridized carbons (Fsp3) is 0.500. The molecule has 0 unspecified atom stereocenters. The average molecular weight is 264 g/mol. The smallest absolute Gasteiger partial charge is 0.261 e. The average Bonchev–Trinajstić information content (AvgIpc) is 2.39. The number of phenols is 2. The number of piperidine rings is 1. The van der Waals surface area contributed by atoms with E-state index >= 15 is 0 Å². The van der Waals surface area contributed by atoms with Crippen molar-refractivity contribution in [3.8, 4) is 11.5 Å². The molecule has 0 aliphatic carbocycles. The van der Waals surface area contributed by atoms with Gasteiger partial charge in [-0.15, -0.1) is 0 Å². The topological polar surface area (TPSA) is 86.8 Å². The predicted octanol–water partition coefficient (Wildman–Crippen LogP) is 1.30. The molecule has 1 fully saturated rings. The molecule has 1 aromatic rings. The van der Waals surface area contributed by atoms with Gasteiger partial charge in [-0.25, -0.2) is 0 Å². The number of hydrogen-bond donors (Lipinski definition) is 3. The van der Waals surface area contributed by atoms with Gasteiger partial charge in [0.1, 0.15) is 17.1 Å². The van der Waals surface area contributed by atoms with Gasteiger partial charge in [-0.2, -0.15) is 0 Å². The van der Waals surface area contributed by atoms with E-state index in [-0.39, 0.29) is 28.4 Å². The van der Waals surface area contributed by atoms with Crippen LogP contribution in [0.15, 0.2) is 18.2 Å². The minimum atomic E-state index is -0.324. The van der Waals surface area contributed by atoms with Gasteiger partial charge < -0.3 is 20.8 Å². The van der Waals surface area contributed by atoms with Gasteiger partial charge in [0.25, 0.3) is 5.91 Å². The SMILES string of the molecule is CC1(CN)CCN(C(=O)c2c(O)cccc2O)CC1. The fourth-order valence-corrected chi connectivity index (χ4v) is 2.36. The highest BCUT2D eigenvalue weighted by atomic mass is 16.3. The maximum Gasteiger partial charge on any atom is 0.261 e. The van der Waals surface area contributed by atoms with Gasteiger partial charge >= 0.3 is 0 Å². The van der Waals surface area contributed by atoms with Crippen LogP contribution in [0.25, 0.3) is 0 Å². The standard InChI is InChI=1S/C14H20N2O3/c1-14(9-15)5-7-16(8-6-14)13(19)12-10(17)3-2-4-11(12)18/h2-4,17-18H,5-9,15H2,1H3. The largest absolute Gasteiger partial charge is 0.507 e. The van der Waals surface area contributed by atoms with Crippen LogP contribution in [0.2, 0.25) is 0 Å². The molecule has 0 saturated carbocycles. The Labute approximate surface area is 112 Å². The number of carbonyl (C=O) groups excluding carboxylic acids is 1. The lowest BCUT2D eigenvalue weighted by Crippen LogP contribution is -2.44. The van der Waals surface area contributed by atoms with Crippen molar-refractivity contribution in [2.75, 3.05) is 19.6 Å². The molecule has 4 N–H and O–H groups in total. The number of aromatic hydroxyl groups is 2. The van der Waals surface area contributed by atoms with Crippen molar-refractivity contribution in [1.82, 2.24) is 4.90 Å². The Morgan fingerprint density at radius 1 is 1.32 bits per heavy atom. The summed E-state index contributed by atoms with van der Waals surface area (Å²) in [5.41, 5.74) is 5.80. The zero-order chi connectivity index (χ0) is 14.0. The fourth-order valence-electron chi connectivity index (χ4n) is 2.36. The number of likely N-dealkylation sites (tertiary alicyclic amines) is 1. The summed E-state index contributed by atoms with van der Waals surface area (Å²) in [5, 5.41) is 19.4.